The largest absolute Gasteiger partial charge is 0.504 e. The molecule has 0 aliphatic heterocycles. The van der Waals surface area contributed by atoms with Crippen LogP contribution in [0.25, 0.3) is 0 Å². The maximum absolute atomic E-state index is 12.1. The van der Waals surface area contributed by atoms with Crippen LogP contribution >= 0.6 is 0 Å². The highest BCUT2D eigenvalue weighted by atomic mass is 16.3. The number of rotatable bonds is 2. The molecule has 0 fully saturated rings. The van der Waals surface area contributed by atoms with E-state index in [0.29, 0.717) is 11.3 Å². The summed E-state index contributed by atoms with van der Waals surface area (Å²) in [6.45, 7) is 1.79. The molecule has 0 atom stereocenters. The number of phenols is 2. The minimum atomic E-state index is -0.559. The number of nitriles is 1. The minimum Gasteiger partial charge on any atom is -0.504 e. The van der Waals surface area contributed by atoms with Crippen LogP contribution < -0.4 is 5.32 Å². The van der Waals surface area contributed by atoms with E-state index in [-0.39, 0.29) is 11.3 Å². The van der Waals surface area contributed by atoms with Crippen molar-refractivity contribution in [1.29, 1.82) is 5.26 Å². The SMILES string of the molecule is Cc1ccc(C#N)cc1NC(=O)c1cccc(O)c1O. The molecule has 0 radical (unpaired) electrons. The summed E-state index contributed by atoms with van der Waals surface area (Å²) >= 11 is 0. The van der Waals surface area contributed by atoms with Gasteiger partial charge < -0.3 is 15.5 Å². The number of anilines is 1. The van der Waals surface area contributed by atoms with Gasteiger partial charge >= 0.3 is 0 Å². The molecule has 0 aliphatic carbocycles. The maximum Gasteiger partial charge on any atom is 0.259 e. The van der Waals surface area contributed by atoms with Crippen molar-refractivity contribution >= 4 is 11.6 Å². The van der Waals surface area contributed by atoms with Crippen LogP contribution in [0, 0.1) is 18.3 Å². The number of hydrogen-bond donors (Lipinski definition) is 3. The van der Waals surface area contributed by atoms with Crippen LogP contribution in [-0.2, 0) is 0 Å². The number of nitrogens with zero attached hydrogens (tertiary/aromatic N) is 1. The Bertz CT molecular complexity index is 718. The van der Waals surface area contributed by atoms with Gasteiger partial charge in [-0.1, -0.05) is 12.1 Å². The lowest BCUT2D eigenvalue weighted by atomic mass is 10.1. The standard InChI is InChI=1S/C15H12N2O3/c1-9-5-6-10(8-16)7-12(9)17-15(20)11-3-2-4-13(18)14(11)19/h2-7,18-19H,1H3,(H,17,20). The minimum absolute atomic E-state index is 0.0354. The van der Waals surface area contributed by atoms with E-state index in [1.54, 1.807) is 25.1 Å². The Morgan fingerprint density at radius 3 is 2.70 bits per heavy atom. The zero-order chi connectivity index (χ0) is 14.7. The van der Waals surface area contributed by atoms with E-state index in [9.17, 15) is 15.0 Å². The van der Waals surface area contributed by atoms with Crippen molar-refractivity contribution in [3.05, 3.63) is 53.1 Å². The van der Waals surface area contributed by atoms with Gasteiger partial charge in [0.25, 0.3) is 5.91 Å². The van der Waals surface area contributed by atoms with Gasteiger partial charge in [0, 0.05) is 5.69 Å². The molecule has 0 saturated heterocycles. The number of aromatic hydroxyl groups is 2. The number of amides is 1. The van der Waals surface area contributed by atoms with E-state index < -0.39 is 11.7 Å². The fraction of sp³-hybridized carbons (Fsp3) is 0.0667. The molecule has 0 aromatic heterocycles. The van der Waals surface area contributed by atoms with Gasteiger partial charge in [-0.05, 0) is 36.8 Å². The third-order valence-electron chi connectivity index (χ3n) is 2.87. The van der Waals surface area contributed by atoms with Crippen molar-refractivity contribution < 1.29 is 15.0 Å². The van der Waals surface area contributed by atoms with Gasteiger partial charge in [-0.2, -0.15) is 5.26 Å². The molecule has 5 nitrogen and oxygen atoms in total. The van der Waals surface area contributed by atoms with Crippen molar-refractivity contribution in [2.75, 3.05) is 5.32 Å². The zero-order valence-corrected chi connectivity index (χ0v) is 10.7. The van der Waals surface area contributed by atoms with E-state index in [1.165, 1.54) is 18.2 Å². The Kier molecular flexibility index (Phi) is 3.58. The monoisotopic (exact) mass is 268 g/mol. The smallest absolute Gasteiger partial charge is 0.259 e. The molecule has 0 spiro atoms. The number of carbonyl (C=O) groups excluding carboxylic acids is 1. The van der Waals surface area contributed by atoms with E-state index in [0.717, 1.165) is 5.56 Å². The summed E-state index contributed by atoms with van der Waals surface area (Å²) in [5.74, 6) is -1.39. The number of benzene rings is 2. The molecular formula is C15H12N2O3. The molecule has 5 heteroatoms. The average molecular weight is 268 g/mol. The highest BCUT2D eigenvalue weighted by Gasteiger charge is 2.15. The molecule has 3 N–H and O–H groups in total. The highest BCUT2D eigenvalue weighted by molar-refractivity contribution is 6.07. The van der Waals surface area contributed by atoms with Gasteiger partial charge in [-0.25, -0.2) is 0 Å². The Morgan fingerprint density at radius 2 is 2.00 bits per heavy atom. The molecule has 2 aromatic carbocycles. The predicted octanol–water partition coefficient (Wildman–Crippen LogP) is 2.53. The Hall–Kier alpha value is -3.00. The van der Waals surface area contributed by atoms with Gasteiger partial charge in [0.15, 0.2) is 11.5 Å². The van der Waals surface area contributed by atoms with Crippen LogP contribution in [0.1, 0.15) is 21.5 Å². The van der Waals surface area contributed by atoms with E-state index in [2.05, 4.69) is 5.32 Å². The predicted molar refractivity (Wildman–Crippen MR) is 73.6 cm³/mol. The fourth-order valence-electron chi connectivity index (χ4n) is 1.73. The van der Waals surface area contributed by atoms with Crippen molar-refractivity contribution in [2.45, 2.75) is 6.92 Å². The molecule has 0 unspecified atom stereocenters. The maximum atomic E-state index is 12.1. The van der Waals surface area contributed by atoms with Gasteiger partial charge in [-0.3, -0.25) is 4.79 Å². The Morgan fingerprint density at radius 1 is 1.25 bits per heavy atom. The molecule has 20 heavy (non-hydrogen) atoms. The molecule has 0 bridgehead atoms. The first-order valence-corrected chi connectivity index (χ1v) is 5.86. The molecular weight excluding hydrogens is 256 g/mol. The van der Waals surface area contributed by atoms with Crippen LogP contribution in [0.5, 0.6) is 11.5 Å². The van der Waals surface area contributed by atoms with Crippen molar-refractivity contribution in [1.82, 2.24) is 0 Å². The van der Waals surface area contributed by atoms with Gasteiger partial charge in [0.2, 0.25) is 0 Å². The van der Waals surface area contributed by atoms with Crippen molar-refractivity contribution in [3.8, 4) is 17.6 Å². The third kappa shape index (κ3) is 2.54. The summed E-state index contributed by atoms with van der Waals surface area (Å²) in [7, 11) is 0. The quantitative estimate of drug-likeness (QED) is 0.729. The van der Waals surface area contributed by atoms with Crippen molar-refractivity contribution in [3.63, 3.8) is 0 Å². The van der Waals surface area contributed by atoms with Crippen LogP contribution in [0.3, 0.4) is 0 Å². The second-order valence-electron chi connectivity index (χ2n) is 4.27. The van der Waals surface area contributed by atoms with E-state index in [1.807, 2.05) is 6.07 Å². The summed E-state index contributed by atoms with van der Waals surface area (Å²) in [4.78, 5) is 12.1. The number of nitrogens with one attached hydrogen (secondary N) is 1. The molecule has 0 aliphatic rings. The number of carbonyl (C=O) groups is 1. The zero-order valence-electron chi connectivity index (χ0n) is 10.7. The highest BCUT2D eigenvalue weighted by Crippen LogP contribution is 2.29. The number of aryl methyl sites for hydroxylation is 1. The third-order valence-corrected chi connectivity index (χ3v) is 2.87. The molecule has 100 valence electrons. The second-order valence-corrected chi connectivity index (χ2v) is 4.27. The van der Waals surface area contributed by atoms with Crippen molar-refractivity contribution in [2.24, 2.45) is 0 Å². The fourth-order valence-corrected chi connectivity index (χ4v) is 1.73. The topological polar surface area (TPSA) is 93.4 Å². The first kappa shape index (κ1) is 13.4. The molecule has 0 saturated carbocycles. The van der Waals surface area contributed by atoms with Gasteiger partial charge in [-0.15, -0.1) is 0 Å². The lowest BCUT2D eigenvalue weighted by Gasteiger charge is -2.10. The number of phenolic OH excluding ortho intramolecular Hbond substituents is 2. The van der Waals surface area contributed by atoms with E-state index in [4.69, 9.17) is 5.26 Å². The summed E-state index contributed by atoms with van der Waals surface area (Å²) in [6, 6.07) is 11.0. The van der Waals surface area contributed by atoms with E-state index >= 15 is 0 Å². The summed E-state index contributed by atoms with van der Waals surface area (Å²) in [5, 5.41) is 30.5. The van der Waals surface area contributed by atoms with Gasteiger partial charge in [0.05, 0.1) is 17.2 Å². The Balaban J connectivity index is 2.33. The molecule has 2 rings (SSSR count). The lowest BCUT2D eigenvalue weighted by molar-refractivity contribution is 0.102. The average Bonchev–Trinajstić information content (AvgIpc) is 2.44. The molecule has 1 amide bonds. The van der Waals surface area contributed by atoms with Crippen LogP contribution in [0.2, 0.25) is 0 Å². The lowest BCUT2D eigenvalue weighted by Crippen LogP contribution is -2.13. The number of para-hydroxylation sites is 1. The summed E-state index contributed by atoms with van der Waals surface area (Å²) < 4.78 is 0. The summed E-state index contributed by atoms with van der Waals surface area (Å²) in [6.07, 6.45) is 0. The van der Waals surface area contributed by atoms with Crippen LogP contribution in [-0.4, -0.2) is 16.1 Å². The van der Waals surface area contributed by atoms with Crippen LogP contribution in [0.4, 0.5) is 5.69 Å². The molecule has 2 aromatic rings. The first-order chi connectivity index (χ1) is 9.52. The Labute approximate surface area is 115 Å². The molecule has 0 heterocycles. The van der Waals surface area contributed by atoms with Crippen LogP contribution in [0.15, 0.2) is 36.4 Å². The second kappa shape index (κ2) is 5.33. The summed E-state index contributed by atoms with van der Waals surface area (Å²) in [5.41, 5.74) is 1.66. The van der Waals surface area contributed by atoms with Gasteiger partial charge in [0.1, 0.15) is 0 Å². The first-order valence-electron chi connectivity index (χ1n) is 5.86. The number of hydrogen-bond acceptors (Lipinski definition) is 4. The normalized spacial score (nSPS) is 9.80.